The fourth-order valence-corrected chi connectivity index (χ4v) is 1.42. The lowest BCUT2D eigenvalue weighted by molar-refractivity contribution is -0.385. The average Bonchev–Trinajstić information content (AvgIpc) is 2.45. The molecule has 1 heterocycles. The third-order valence-electron chi connectivity index (χ3n) is 2.50. The highest BCUT2D eigenvalue weighted by Crippen LogP contribution is 2.19. The van der Waals surface area contributed by atoms with Crippen LogP contribution in [0.5, 0.6) is 0 Å². The molecule has 3 N–H and O–H groups in total. The molecule has 20 heavy (non-hydrogen) atoms. The molecule has 0 radical (unpaired) electrons. The summed E-state index contributed by atoms with van der Waals surface area (Å²) in [5.74, 6) is -0.517. The van der Waals surface area contributed by atoms with Crippen molar-refractivity contribution in [2.45, 2.75) is 6.42 Å². The maximum atomic E-state index is 11.9. The number of carbonyl (C=O) groups excluding carboxylic acids is 2. The predicted octanol–water partition coefficient (Wildman–Crippen LogP) is -0.103. The molecule has 0 unspecified atom stereocenters. The number of aromatic nitrogens is 1. The van der Waals surface area contributed by atoms with E-state index in [1.807, 2.05) is 0 Å². The van der Waals surface area contributed by atoms with Gasteiger partial charge in [0.05, 0.1) is 4.92 Å². The number of nitrogens with one attached hydrogen (secondary N) is 3. The zero-order valence-corrected chi connectivity index (χ0v) is 11.1. The highest BCUT2D eigenvalue weighted by Gasteiger charge is 2.21. The molecule has 0 bridgehead atoms. The van der Waals surface area contributed by atoms with Crippen LogP contribution in [0.2, 0.25) is 0 Å². The van der Waals surface area contributed by atoms with Crippen LogP contribution in [0.15, 0.2) is 12.3 Å². The van der Waals surface area contributed by atoms with Crippen molar-refractivity contribution in [3.05, 3.63) is 27.9 Å². The first-order chi connectivity index (χ1) is 9.49. The van der Waals surface area contributed by atoms with Gasteiger partial charge in [-0.1, -0.05) is 0 Å². The van der Waals surface area contributed by atoms with E-state index in [1.54, 1.807) is 7.05 Å². The van der Waals surface area contributed by atoms with Gasteiger partial charge in [0.15, 0.2) is 0 Å². The standard InChI is InChI=1S/C11H15N5O4/c1-12-9-5-7(8(6-15-9)16(19)20)11(18)14-4-3-10(17)13-2/h5-6H,3-4H2,1-2H3,(H,12,15)(H,13,17)(H,14,18). The first-order valence-corrected chi connectivity index (χ1v) is 5.80. The maximum Gasteiger partial charge on any atom is 0.300 e. The van der Waals surface area contributed by atoms with Gasteiger partial charge in [-0.15, -0.1) is 0 Å². The number of hydrogen-bond donors (Lipinski definition) is 3. The summed E-state index contributed by atoms with van der Waals surface area (Å²) in [5, 5.41) is 18.4. The van der Waals surface area contributed by atoms with Gasteiger partial charge in [-0.05, 0) is 0 Å². The van der Waals surface area contributed by atoms with Crippen LogP contribution in [0.1, 0.15) is 16.8 Å². The zero-order chi connectivity index (χ0) is 15.1. The summed E-state index contributed by atoms with van der Waals surface area (Å²) >= 11 is 0. The minimum Gasteiger partial charge on any atom is -0.373 e. The molecule has 0 aromatic carbocycles. The molecule has 0 spiro atoms. The predicted molar refractivity (Wildman–Crippen MR) is 71.5 cm³/mol. The molecular formula is C11H15N5O4. The van der Waals surface area contributed by atoms with Crippen LogP contribution in [0, 0.1) is 10.1 Å². The van der Waals surface area contributed by atoms with Gasteiger partial charge < -0.3 is 16.0 Å². The van der Waals surface area contributed by atoms with Crippen molar-refractivity contribution in [1.82, 2.24) is 15.6 Å². The van der Waals surface area contributed by atoms with Crippen molar-refractivity contribution < 1.29 is 14.5 Å². The Kier molecular flexibility index (Phi) is 5.39. The van der Waals surface area contributed by atoms with Crippen molar-refractivity contribution >= 4 is 23.3 Å². The molecule has 108 valence electrons. The van der Waals surface area contributed by atoms with Gasteiger partial charge in [-0.25, -0.2) is 4.98 Å². The lowest BCUT2D eigenvalue weighted by Gasteiger charge is -2.07. The second-order valence-corrected chi connectivity index (χ2v) is 3.77. The molecule has 9 nitrogen and oxygen atoms in total. The molecule has 1 rings (SSSR count). The Labute approximate surface area is 114 Å². The van der Waals surface area contributed by atoms with E-state index >= 15 is 0 Å². The van der Waals surface area contributed by atoms with Gasteiger partial charge in [0.1, 0.15) is 17.6 Å². The highest BCUT2D eigenvalue weighted by atomic mass is 16.6. The van der Waals surface area contributed by atoms with Crippen molar-refractivity contribution in [3.8, 4) is 0 Å². The lowest BCUT2D eigenvalue weighted by Crippen LogP contribution is -2.29. The van der Waals surface area contributed by atoms with E-state index in [0.717, 1.165) is 6.20 Å². The summed E-state index contributed by atoms with van der Waals surface area (Å²) in [5.41, 5.74) is -0.493. The van der Waals surface area contributed by atoms with Crippen LogP contribution in [0.25, 0.3) is 0 Å². The molecular weight excluding hydrogens is 266 g/mol. The molecule has 0 aliphatic carbocycles. The van der Waals surface area contributed by atoms with Gasteiger partial charge >= 0.3 is 0 Å². The Morgan fingerprint density at radius 3 is 2.65 bits per heavy atom. The van der Waals surface area contributed by atoms with Crippen molar-refractivity contribution in [2.24, 2.45) is 0 Å². The molecule has 0 atom stereocenters. The van der Waals surface area contributed by atoms with Gasteiger partial charge in [-0.3, -0.25) is 19.7 Å². The largest absolute Gasteiger partial charge is 0.373 e. The number of hydrogen-bond acceptors (Lipinski definition) is 6. The molecule has 1 aromatic heterocycles. The van der Waals surface area contributed by atoms with E-state index in [-0.39, 0.29) is 30.1 Å². The van der Waals surface area contributed by atoms with Crippen LogP contribution in [-0.2, 0) is 4.79 Å². The molecule has 9 heteroatoms. The summed E-state index contributed by atoms with van der Waals surface area (Å²) in [7, 11) is 3.07. The average molecular weight is 281 g/mol. The minimum atomic E-state index is -0.680. The van der Waals surface area contributed by atoms with E-state index in [2.05, 4.69) is 20.9 Å². The Morgan fingerprint density at radius 1 is 1.40 bits per heavy atom. The second-order valence-electron chi connectivity index (χ2n) is 3.77. The van der Waals surface area contributed by atoms with E-state index in [9.17, 15) is 19.7 Å². The molecule has 0 saturated heterocycles. The SMILES string of the molecule is CNC(=O)CCNC(=O)c1cc(NC)ncc1[N+](=O)[O-]. The fourth-order valence-electron chi connectivity index (χ4n) is 1.42. The lowest BCUT2D eigenvalue weighted by atomic mass is 10.2. The Balaban J connectivity index is 2.84. The number of nitrogens with zero attached hydrogens (tertiary/aromatic N) is 2. The van der Waals surface area contributed by atoms with E-state index in [4.69, 9.17) is 0 Å². The Bertz CT molecular complexity index is 532. The maximum absolute atomic E-state index is 11.9. The summed E-state index contributed by atoms with van der Waals surface area (Å²) in [4.78, 5) is 36.9. The number of rotatable bonds is 6. The van der Waals surface area contributed by atoms with Gasteiger partial charge in [0.2, 0.25) is 5.91 Å². The second kappa shape index (κ2) is 7.02. The molecule has 0 aliphatic rings. The molecule has 0 aliphatic heterocycles. The monoisotopic (exact) mass is 281 g/mol. The van der Waals surface area contributed by atoms with Crippen molar-refractivity contribution in [2.75, 3.05) is 26.0 Å². The highest BCUT2D eigenvalue weighted by molar-refractivity contribution is 5.98. The number of anilines is 1. The van der Waals surface area contributed by atoms with E-state index in [1.165, 1.54) is 13.1 Å². The van der Waals surface area contributed by atoms with Crippen molar-refractivity contribution in [1.29, 1.82) is 0 Å². The topological polar surface area (TPSA) is 126 Å². The quantitative estimate of drug-likeness (QED) is 0.493. The van der Waals surface area contributed by atoms with Crippen LogP contribution in [0.4, 0.5) is 11.5 Å². The molecule has 1 aromatic rings. The van der Waals surface area contributed by atoms with Crippen molar-refractivity contribution in [3.63, 3.8) is 0 Å². The zero-order valence-electron chi connectivity index (χ0n) is 11.1. The molecule has 0 saturated carbocycles. The summed E-state index contributed by atoms with van der Waals surface area (Å²) in [6.07, 6.45) is 1.11. The Morgan fingerprint density at radius 2 is 2.10 bits per heavy atom. The smallest absolute Gasteiger partial charge is 0.300 e. The molecule has 0 fully saturated rings. The van der Waals surface area contributed by atoms with E-state index in [0.29, 0.717) is 5.82 Å². The van der Waals surface area contributed by atoms with Gasteiger partial charge in [0, 0.05) is 33.1 Å². The first kappa shape index (κ1) is 15.3. The summed E-state index contributed by atoms with van der Waals surface area (Å²) in [6, 6.07) is 1.29. The van der Waals surface area contributed by atoms with E-state index < -0.39 is 10.8 Å². The third-order valence-corrected chi connectivity index (χ3v) is 2.50. The number of pyridine rings is 1. The normalized spacial score (nSPS) is 9.70. The van der Waals surface area contributed by atoms with Crippen LogP contribution < -0.4 is 16.0 Å². The fraction of sp³-hybridized carbons (Fsp3) is 0.364. The first-order valence-electron chi connectivity index (χ1n) is 5.80. The third kappa shape index (κ3) is 3.90. The number of nitro groups is 1. The van der Waals surface area contributed by atoms with Crippen LogP contribution in [0.3, 0.4) is 0 Å². The number of amides is 2. The van der Waals surface area contributed by atoms with Crippen LogP contribution in [-0.4, -0.2) is 42.4 Å². The van der Waals surface area contributed by atoms with Crippen LogP contribution >= 0.6 is 0 Å². The summed E-state index contributed by atoms with van der Waals surface area (Å²) < 4.78 is 0. The van der Waals surface area contributed by atoms with Gasteiger partial charge in [-0.2, -0.15) is 0 Å². The number of carbonyl (C=O) groups is 2. The van der Waals surface area contributed by atoms with Gasteiger partial charge in [0.25, 0.3) is 11.6 Å². The molecule has 2 amide bonds. The summed E-state index contributed by atoms with van der Waals surface area (Å²) in [6.45, 7) is 0.0901. The Hall–Kier alpha value is -2.71. The minimum absolute atomic E-state index is 0.0901.